The molecular weight excluding hydrogens is 305 g/mol. The molecule has 0 aromatic heterocycles. The number of hydrogen-bond donors (Lipinski definition) is 0. The van der Waals surface area contributed by atoms with Gasteiger partial charge in [-0.2, -0.15) is 0 Å². The van der Waals surface area contributed by atoms with Crippen LogP contribution in [0.1, 0.15) is 16.7 Å². The molecule has 110 valence electrons. The number of rotatable bonds is 3. The highest BCUT2D eigenvalue weighted by molar-refractivity contribution is 6.42. The van der Waals surface area contributed by atoms with E-state index < -0.39 is 0 Å². The molecule has 0 saturated heterocycles. The van der Waals surface area contributed by atoms with Crippen LogP contribution < -0.4 is 4.90 Å². The quantitative estimate of drug-likeness (QED) is 0.794. The first-order valence-corrected chi connectivity index (χ1v) is 7.42. The Bertz CT molecular complexity index is 682. The van der Waals surface area contributed by atoms with Gasteiger partial charge in [-0.3, -0.25) is 4.79 Å². The lowest BCUT2D eigenvalue weighted by atomic mass is 10.1. The van der Waals surface area contributed by atoms with Gasteiger partial charge in [-0.15, -0.1) is 0 Å². The maximum atomic E-state index is 12.4. The van der Waals surface area contributed by atoms with E-state index in [0.717, 1.165) is 16.8 Å². The minimum absolute atomic E-state index is 0.0158. The number of hydrogen-bond acceptors (Lipinski definition) is 1. The molecule has 0 unspecified atom stereocenters. The summed E-state index contributed by atoms with van der Waals surface area (Å²) in [5.41, 5.74) is 4.07. The molecule has 2 rings (SSSR count). The topological polar surface area (TPSA) is 20.3 Å². The van der Waals surface area contributed by atoms with Gasteiger partial charge in [0, 0.05) is 12.7 Å². The molecule has 1 amide bonds. The van der Waals surface area contributed by atoms with E-state index >= 15 is 0 Å². The summed E-state index contributed by atoms with van der Waals surface area (Å²) in [5.74, 6) is 0.0158. The van der Waals surface area contributed by atoms with Crippen LogP contribution in [-0.4, -0.2) is 13.0 Å². The molecule has 0 heterocycles. The number of carbonyl (C=O) groups is 1. The number of likely N-dealkylation sites (N-methyl/N-ethyl adjacent to an activating group) is 1. The molecule has 21 heavy (non-hydrogen) atoms. The third kappa shape index (κ3) is 3.58. The molecule has 0 aliphatic carbocycles. The second-order valence-electron chi connectivity index (χ2n) is 5.10. The van der Waals surface area contributed by atoms with E-state index in [1.807, 2.05) is 38.1 Å². The Kier molecular flexibility index (Phi) is 4.92. The predicted octanol–water partition coefficient (Wildman–Crippen LogP) is 4.82. The maximum Gasteiger partial charge on any atom is 0.231 e. The van der Waals surface area contributed by atoms with E-state index in [9.17, 15) is 4.79 Å². The number of nitrogens with zero attached hydrogens (tertiary/aromatic N) is 1. The van der Waals surface area contributed by atoms with Gasteiger partial charge in [-0.1, -0.05) is 41.4 Å². The Morgan fingerprint density at radius 2 is 1.81 bits per heavy atom. The number of aryl methyl sites for hydroxylation is 1. The van der Waals surface area contributed by atoms with Gasteiger partial charge in [0.25, 0.3) is 0 Å². The van der Waals surface area contributed by atoms with Crippen molar-refractivity contribution in [2.24, 2.45) is 0 Å². The molecule has 0 saturated carbocycles. The summed E-state index contributed by atoms with van der Waals surface area (Å²) in [5, 5.41) is 0.965. The first kappa shape index (κ1) is 15.9. The van der Waals surface area contributed by atoms with Crippen LogP contribution in [0, 0.1) is 13.8 Å². The van der Waals surface area contributed by atoms with E-state index in [2.05, 4.69) is 0 Å². The molecule has 0 aliphatic rings. The standard InChI is InChI=1S/C17H17Cl2NO/c1-11-5-4-6-16(12(11)2)20(3)17(21)10-13-7-8-14(18)15(19)9-13/h4-9H,10H2,1-3H3. The number of halogens is 2. The summed E-state index contributed by atoms with van der Waals surface area (Å²) in [6.07, 6.45) is 0.292. The zero-order valence-electron chi connectivity index (χ0n) is 12.3. The Labute approximate surface area is 135 Å². The first-order chi connectivity index (χ1) is 9.90. The molecule has 4 heteroatoms. The van der Waals surface area contributed by atoms with Crippen LogP contribution in [-0.2, 0) is 11.2 Å². The lowest BCUT2D eigenvalue weighted by molar-refractivity contribution is -0.117. The summed E-state index contributed by atoms with van der Waals surface area (Å²) < 4.78 is 0. The fourth-order valence-corrected chi connectivity index (χ4v) is 2.50. The third-order valence-electron chi connectivity index (χ3n) is 3.65. The molecule has 0 atom stereocenters. The number of benzene rings is 2. The average molecular weight is 322 g/mol. The van der Waals surface area contributed by atoms with E-state index in [1.54, 1.807) is 24.1 Å². The molecular formula is C17H17Cl2NO. The fourth-order valence-electron chi connectivity index (χ4n) is 2.18. The van der Waals surface area contributed by atoms with Crippen molar-refractivity contribution in [2.75, 3.05) is 11.9 Å². The van der Waals surface area contributed by atoms with E-state index in [0.29, 0.717) is 16.5 Å². The largest absolute Gasteiger partial charge is 0.315 e. The first-order valence-electron chi connectivity index (χ1n) is 6.67. The van der Waals surface area contributed by atoms with E-state index in [1.165, 1.54) is 5.56 Å². The highest BCUT2D eigenvalue weighted by Crippen LogP contribution is 2.25. The molecule has 2 nitrogen and oxygen atoms in total. The Morgan fingerprint density at radius 3 is 2.48 bits per heavy atom. The summed E-state index contributed by atoms with van der Waals surface area (Å²) >= 11 is 11.9. The van der Waals surface area contributed by atoms with E-state index in [-0.39, 0.29) is 5.91 Å². The molecule has 0 N–H and O–H groups in total. The Balaban J connectivity index is 2.19. The van der Waals surface area contributed by atoms with Crippen molar-refractivity contribution in [1.82, 2.24) is 0 Å². The van der Waals surface area contributed by atoms with Crippen molar-refractivity contribution >= 4 is 34.8 Å². The van der Waals surface area contributed by atoms with Crippen molar-refractivity contribution in [3.05, 3.63) is 63.1 Å². The molecule has 0 fully saturated rings. The van der Waals surface area contributed by atoms with Crippen molar-refractivity contribution < 1.29 is 4.79 Å². The SMILES string of the molecule is Cc1cccc(N(C)C(=O)Cc2ccc(Cl)c(Cl)c2)c1C. The number of amides is 1. The lowest BCUT2D eigenvalue weighted by Gasteiger charge is -2.20. The minimum atomic E-state index is 0.0158. The second-order valence-corrected chi connectivity index (χ2v) is 5.91. The van der Waals surface area contributed by atoms with Crippen LogP contribution in [0.15, 0.2) is 36.4 Å². The highest BCUT2D eigenvalue weighted by Gasteiger charge is 2.14. The molecule has 2 aromatic carbocycles. The van der Waals surface area contributed by atoms with Crippen LogP contribution in [0.5, 0.6) is 0 Å². The molecule has 0 radical (unpaired) electrons. The van der Waals surface area contributed by atoms with Gasteiger partial charge in [-0.05, 0) is 48.7 Å². The third-order valence-corrected chi connectivity index (χ3v) is 4.39. The summed E-state index contributed by atoms with van der Waals surface area (Å²) in [7, 11) is 1.79. The van der Waals surface area contributed by atoms with Gasteiger partial charge in [0.2, 0.25) is 5.91 Å². The minimum Gasteiger partial charge on any atom is -0.315 e. The van der Waals surface area contributed by atoms with Crippen molar-refractivity contribution in [3.63, 3.8) is 0 Å². The van der Waals surface area contributed by atoms with E-state index in [4.69, 9.17) is 23.2 Å². The maximum absolute atomic E-state index is 12.4. The van der Waals surface area contributed by atoms with Gasteiger partial charge in [0.1, 0.15) is 0 Å². The zero-order chi connectivity index (χ0) is 15.6. The van der Waals surface area contributed by atoms with Crippen molar-refractivity contribution in [1.29, 1.82) is 0 Å². The van der Waals surface area contributed by atoms with Crippen LogP contribution in [0.25, 0.3) is 0 Å². The second kappa shape index (κ2) is 6.50. The summed E-state index contributed by atoms with van der Waals surface area (Å²) in [6.45, 7) is 4.06. The van der Waals surface area contributed by atoms with Gasteiger partial charge < -0.3 is 4.90 Å². The number of carbonyl (C=O) groups excluding carboxylic acids is 1. The normalized spacial score (nSPS) is 10.5. The van der Waals surface area contributed by atoms with Crippen LogP contribution in [0.3, 0.4) is 0 Å². The highest BCUT2D eigenvalue weighted by atomic mass is 35.5. The van der Waals surface area contributed by atoms with Crippen molar-refractivity contribution in [2.45, 2.75) is 20.3 Å². The average Bonchev–Trinajstić information content (AvgIpc) is 2.45. The van der Waals surface area contributed by atoms with Crippen molar-refractivity contribution in [3.8, 4) is 0 Å². The molecule has 2 aromatic rings. The molecule has 0 aliphatic heterocycles. The van der Waals surface area contributed by atoms with Gasteiger partial charge >= 0.3 is 0 Å². The Hall–Kier alpha value is -1.51. The summed E-state index contributed by atoms with van der Waals surface area (Å²) in [4.78, 5) is 14.1. The fraction of sp³-hybridized carbons (Fsp3) is 0.235. The summed E-state index contributed by atoms with van der Waals surface area (Å²) in [6, 6.07) is 11.2. The van der Waals surface area contributed by atoms with Crippen LogP contribution in [0.4, 0.5) is 5.69 Å². The molecule has 0 spiro atoms. The monoisotopic (exact) mass is 321 g/mol. The van der Waals surface area contributed by atoms with Crippen LogP contribution >= 0.6 is 23.2 Å². The van der Waals surface area contributed by atoms with Gasteiger partial charge in [0.15, 0.2) is 0 Å². The number of anilines is 1. The van der Waals surface area contributed by atoms with Gasteiger partial charge in [-0.25, -0.2) is 0 Å². The smallest absolute Gasteiger partial charge is 0.231 e. The predicted molar refractivity (Wildman–Crippen MR) is 89.5 cm³/mol. The Morgan fingerprint density at radius 1 is 1.10 bits per heavy atom. The van der Waals surface area contributed by atoms with Crippen LogP contribution in [0.2, 0.25) is 10.0 Å². The lowest BCUT2D eigenvalue weighted by Crippen LogP contribution is -2.28. The zero-order valence-corrected chi connectivity index (χ0v) is 13.8. The van der Waals surface area contributed by atoms with Gasteiger partial charge in [0.05, 0.1) is 16.5 Å². The molecule has 0 bridgehead atoms.